The fraction of sp³-hybridized carbons (Fsp3) is 0.932. The highest BCUT2D eigenvalue weighted by molar-refractivity contribution is 5.76. The van der Waals surface area contributed by atoms with Gasteiger partial charge in [0, 0.05) is 12.8 Å². The Morgan fingerprint density at radius 3 is 1.09 bits per heavy atom. The molecule has 6 heteroatoms. The second kappa shape index (κ2) is 55.2. The Kier molecular flexibility index (Phi) is 54.0. The molecule has 0 aromatic heterocycles. The average molecular weight is 919 g/mol. The fourth-order valence-corrected chi connectivity index (χ4v) is 9.28. The minimum Gasteiger partial charge on any atom is -0.466 e. The van der Waals surface area contributed by atoms with Crippen LogP contribution >= 0.6 is 0 Å². The van der Waals surface area contributed by atoms with Crippen molar-refractivity contribution in [1.82, 2.24) is 5.32 Å². The van der Waals surface area contributed by atoms with Gasteiger partial charge in [-0.05, 0) is 51.4 Å². The molecule has 0 heterocycles. The molecule has 1 amide bonds. The second-order valence-electron chi connectivity index (χ2n) is 20.3. The highest BCUT2D eigenvalue weighted by Gasteiger charge is 2.20. The number of aliphatic hydroxyl groups is 2. The van der Waals surface area contributed by atoms with Crippen molar-refractivity contribution in [3.05, 3.63) is 12.2 Å². The van der Waals surface area contributed by atoms with E-state index in [9.17, 15) is 19.8 Å². The van der Waals surface area contributed by atoms with Crippen LogP contribution in [0.5, 0.6) is 0 Å². The molecular formula is C59H115NO5. The van der Waals surface area contributed by atoms with Gasteiger partial charge in [0.15, 0.2) is 0 Å². The Bertz CT molecular complexity index is 970. The predicted octanol–water partition coefficient (Wildman–Crippen LogP) is 18.1. The SMILES string of the molecule is CCCCCCC/C=C\CCCCCCCC(=O)OCCCCCCCCCCCCCCCCCCCCC(=O)NC(CO)C(O)CCCCCCCCCCCCCCCCCC. The summed E-state index contributed by atoms with van der Waals surface area (Å²) in [6.07, 6.45) is 64.8. The molecule has 0 saturated carbocycles. The summed E-state index contributed by atoms with van der Waals surface area (Å²) < 4.78 is 5.47. The average Bonchev–Trinajstić information content (AvgIpc) is 3.31. The van der Waals surface area contributed by atoms with Gasteiger partial charge in [0.05, 0.1) is 25.4 Å². The van der Waals surface area contributed by atoms with E-state index in [2.05, 4.69) is 31.3 Å². The van der Waals surface area contributed by atoms with E-state index in [4.69, 9.17) is 4.74 Å². The van der Waals surface area contributed by atoms with E-state index in [0.717, 1.165) is 44.9 Å². The smallest absolute Gasteiger partial charge is 0.305 e. The van der Waals surface area contributed by atoms with Gasteiger partial charge >= 0.3 is 5.97 Å². The molecule has 0 fully saturated rings. The Hall–Kier alpha value is -1.40. The molecule has 0 aliphatic rings. The monoisotopic (exact) mass is 918 g/mol. The van der Waals surface area contributed by atoms with Gasteiger partial charge in [0.2, 0.25) is 5.91 Å². The normalized spacial score (nSPS) is 12.6. The number of ether oxygens (including phenoxy) is 1. The van der Waals surface area contributed by atoms with Crippen molar-refractivity contribution in [2.75, 3.05) is 13.2 Å². The van der Waals surface area contributed by atoms with Crippen LogP contribution in [0, 0.1) is 0 Å². The summed E-state index contributed by atoms with van der Waals surface area (Å²) in [6, 6.07) is -0.544. The summed E-state index contributed by atoms with van der Waals surface area (Å²) in [7, 11) is 0. The molecule has 0 aliphatic heterocycles. The van der Waals surface area contributed by atoms with Gasteiger partial charge < -0.3 is 20.3 Å². The number of aliphatic hydroxyl groups excluding tert-OH is 2. The molecule has 2 atom stereocenters. The van der Waals surface area contributed by atoms with E-state index < -0.39 is 12.1 Å². The molecule has 6 nitrogen and oxygen atoms in total. The van der Waals surface area contributed by atoms with E-state index in [0.29, 0.717) is 25.9 Å². The zero-order valence-electron chi connectivity index (χ0n) is 44.0. The first kappa shape index (κ1) is 63.6. The third-order valence-electron chi connectivity index (χ3n) is 13.8. The zero-order chi connectivity index (χ0) is 47.2. The molecule has 0 aliphatic carbocycles. The van der Waals surface area contributed by atoms with Crippen LogP contribution < -0.4 is 5.32 Å². The van der Waals surface area contributed by atoms with Crippen molar-refractivity contribution in [2.24, 2.45) is 0 Å². The number of rotatable bonds is 55. The van der Waals surface area contributed by atoms with Crippen molar-refractivity contribution in [3.63, 3.8) is 0 Å². The van der Waals surface area contributed by atoms with Gasteiger partial charge in [-0.1, -0.05) is 276 Å². The molecule has 0 saturated heterocycles. The number of amides is 1. The van der Waals surface area contributed by atoms with Crippen LogP contribution in [0.2, 0.25) is 0 Å². The maximum Gasteiger partial charge on any atom is 0.305 e. The molecule has 0 aromatic rings. The third-order valence-corrected chi connectivity index (χ3v) is 13.8. The third kappa shape index (κ3) is 51.8. The van der Waals surface area contributed by atoms with E-state index in [-0.39, 0.29) is 18.5 Å². The summed E-state index contributed by atoms with van der Waals surface area (Å²) in [6.45, 7) is 4.95. The summed E-state index contributed by atoms with van der Waals surface area (Å²) in [5.41, 5.74) is 0. The lowest BCUT2D eigenvalue weighted by molar-refractivity contribution is -0.143. The molecule has 0 aromatic carbocycles. The van der Waals surface area contributed by atoms with Crippen molar-refractivity contribution < 1.29 is 24.5 Å². The van der Waals surface area contributed by atoms with Crippen LogP contribution in [0.1, 0.15) is 328 Å². The lowest BCUT2D eigenvalue weighted by Gasteiger charge is -2.22. The number of unbranched alkanes of at least 4 members (excludes halogenated alkanes) is 42. The summed E-state index contributed by atoms with van der Waals surface area (Å²) in [5, 5.41) is 23.3. The van der Waals surface area contributed by atoms with E-state index >= 15 is 0 Å². The number of carbonyl (C=O) groups is 2. The molecule has 0 radical (unpaired) electrons. The number of hydrogen-bond acceptors (Lipinski definition) is 5. The molecule has 0 spiro atoms. The standard InChI is InChI=1S/C59H115NO5/c1-3-5-7-9-11-13-15-17-19-24-27-31-35-39-43-47-51-57(62)56(55-61)60-58(63)52-48-44-40-36-32-28-25-22-20-21-23-26-30-34-38-42-46-50-54-65-59(64)53-49-45-41-37-33-29-18-16-14-12-10-8-6-4-2/h16,18,56-57,61-62H,3-15,17,19-55H2,1-2H3,(H,60,63)/b18-16-. The minimum absolute atomic E-state index is 0.000555. The van der Waals surface area contributed by atoms with E-state index in [1.165, 1.54) is 250 Å². The number of carbonyl (C=O) groups excluding carboxylic acids is 2. The van der Waals surface area contributed by atoms with Crippen molar-refractivity contribution >= 4 is 11.9 Å². The van der Waals surface area contributed by atoms with Crippen LogP contribution in [0.3, 0.4) is 0 Å². The largest absolute Gasteiger partial charge is 0.466 e. The molecule has 3 N–H and O–H groups in total. The van der Waals surface area contributed by atoms with Crippen LogP contribution in [0.25, 0.3) is 0 Å². The number of nitrogens with one attached hydrogen (secondary N) is 1. The second-order valence-corrected chi connectivity index (χ2v) is 20.3. The quantitative estimate of drug-likeness (QED) is 0.0321. The van der Waals surface area contributed by atoms with Gasteiger partial charge in [-0.15, -0.1) is 0 Å². The van der Waals surface area contributed by atoms with Crippen molar-refractivity contribution in [2.45, 2.75) is 341 Å². The Labute approximate surface area is 406 Å². The molecule has 0 bridgehead atoms. The number of allylic oxidation sites excluding steroid dienone is 2. The first-order valence-electron chi connectivity index (χ1n) is 29.4. The van der Waals surface area contributed by atoms with Gasteiger partial charge in [-0.25, -0.2) is 0 Å². The summed E-state index contributed by atoms with van der Waals surface area (Å²) in [4.78, 5) is 24.5. The van der Waals surface area contributed by atoms with E-state index in [1.807, 2.05) is 0 Å². The van der Waals surface area contributed by atoms with Crippen LogP contribution in [-0.2, 0) is 14.3 Å². The molecule has 0 rings (SSSR count). The fourth-order valence-electron chi connectivity index (χ4n) is 9.28. The maximum absolute atomic E-state index is 12.5. The number of hydrogen-bond donors (Lipinski definition) is 3. The van der Waals surface area contributed by atoms with Crippen molar-refractivity contribution in [3.8, 4) is 0 Å². The topological polar surface area (TPSA) is 95.9 Å². The Morgan fingerprint density at radius 1 is 0.415 bits per heavy atom. The Morgan fingerprint density at radius 2 is 0.723 bits per heavy atom. The van der Waals surface area contributed by atoms with E-state index in [1.54, 1.807) is 0 Å². The minimum atomic E-state index is -0.666. The zero-order valence-corrected chi connectivity index (χ0v) is 44.0. The molecule has 386 valence electrons. The molecule has 65 heavy (non-hydrogen) atoms. The first-order chi connectivity index (χ1) is 32.0. The predicted molar refractivity (Wildman–Crippen MR) is 283 cm³/mol. The summed E-state index contributed by atoms with van der Waals surface area (Å²) in [5.74, 6) is -0.0373. The molecular weight excluding hydrogens is 803 g/mol. The van der Waals surface area contributed by atoms with Crippen LogP contribution in [-0.4, -0.2) is 47.4 Å². The van der Waals surface area contributed by atoms with Gasteiger partial charge in [0.25, 0.3) is 0 Å². The van der Waals surface area contributed by atoms with Crippen LogP contribution in [0.4, 0.5) is 0 Å². The lowest BCUT2D eigenvalue weighted by Crippen LogP contribution is -2.45. The van der Waals surface area contributed by atoms with Gasteiger partial charge in [-0.3, -0.25) is 9.59 Å². The number of esters is 1. The first-order valence-corrected chi connectivity index (χ1v) is 29.4. The van der Waals surface area contributed by atoms with Crippen molar-refractivity contribution in [1.29, 1.82) is 0 Å². The Balaban J connectivity index is 3.40. The highest BCUT2D eigenvalue weighted by atomic mass is 16.5. The summed E-state index contributed by atoms with van der Waals surface area (Å²) >= 11 is 0. The van der Waals surface area contributed by atoms with Gasteiger partial charge in [0.1, 0.15) is 0 Å². The maximum atomic E-state index is 12.5. The molecule has 2 unspecified atom stereocenters. The van der Waals surface area contributed by atoms with Crippen LogP contribution in [0.15, 0.2) is 12.2 Å². The van der Waals surface area contributed by atoms with Gasteiger partial charge in [-0.2, -0.15) is 0 Å². The highest BCUT2D eigenvalue weighted by Crippen LogP contribution is 2.18. The lowest BCUT2D eigenvalue weighted by atomic mass is 10.0.